The van der Waals surface area contributed by atoms with Crippen molar-refractivity contribution in [1.82, 2.24) is 4.98 Å². The van der Waals surface area contributed by atoms with Crippen molar-refractivity contribution in [1.29, 1.82) is 0 Å². The van der Waals surface area contributed by atoms with Crippen molar-refractivity contribution in [2.45, 2.75) is 25.2 Å². The second-order valence-electron chi connectivity index (χ2n) is 4.42. The highest BCUT2D eigenvalue weighted by molar-refractivity contribution is 8.03. The summed E-state index contributed by atoms with van der Waals surface area (Å²) in [6.07, 6.45) is 11.6. The van der Waals surface area contributed by atoms with Gasteiger partial charge in [-0.1, -0.05) is 43.8 Å². The number of rotatable bonds is 2. The molecule has 0 amide bonds. The lowest BCUT2D eigenvalue weighted by molar-refractivity contribution is 0.484. The average Bonchev–Trinajstić information content (AvgIpc) is 2.23. The predicted octanol–water partition coefficient (Wildman–Crippen LogP) is 4.04. The zero-order valence-electron chi connectivity index (χ0n) is 9.10. The highest BCUT2D eigenvalue weighted by Crippen LogP contribution is 2.35. The van der Waals surface area contributed by atoms with E-state index < -0.39 is 0 Å². The minimum Gasteiger partial charge on any atom is -0.264 e. The summed E-state index contributed by atoms with van der Waals surface area (Å²) >= 11 is 1.78. The molecule has 1 aromatic rings. The zero-order valence-corrected chi connectivity index (χ0v) is 9.92. The molecule has 0 atom stereocenters. The summed E-state index contributed by atoms with van der Waals surface area (Å²) in [4.78, 5) is 6.63. The number of hydrogen-bond acceptors (Lipinski definition) is 2. The van der Waals surface area contributed by atoms with Crippen LogP contribution in [0.2, 0.25) is 0 Å². The van der Waals surface area contributed by atoms with Gasteiger partial charge in [-0.2, -0.15) is 0 Å². The number of pyridine rings is 1. The number of nitrogens with zero attached hydrogens (tertiary/aromatic N) is 1. The summed E-state index contributed by atoms with van der Waals surface area (Å²) < 4.78 is 0. The van der Waals surface area contributed by atoms with Gasteiger partial charge >= 0.3 is 0 Å². The van der Waals surface area contributed by atoms with Crippen LogP contribution in [0.25, 0.3) is 0 Å². The first-order chi connectivity index (χ1) is 7.16. The molecule has 0 aromatic carbocycles. The van der Waals surface area contributed by atoms with Gasteiger partial charge in [-0.3, -0.25) is 4.98 Å². The third-order valence-electron chi connectivity index (χ3n) is 2.40. The Morgan fingerprint density at radius 3 is 2.87 bits per heavy atom. The fraction of sp³-hybridized carbons (Fsp3) is 0.308. The maximum atomic E-state index is 4.11. The van der Waals surface area contributed by atoms with Crippen LogP contribution in [0.1, 0.15) is 20.3 Å². The quantitative estimate of drug-likeness (QED) is 0.741. The molecular weight excluding hydrogens is 202 g/mol. The maximum Gasteiger partial charge on any atom is 0.0407 e. The molecule has 0 saturated heterocycles. The third kappa shape index (κ3) is 2.96. The van der Waals surface area contributed by atoms with Crippen LogP contribution < -0.4 is 0 Å². The smallest absolute Gasteiger partial charge is 0.0407 e. The normalized spacial score (nSPS) is 18.7. The second kappa shape index (κ2) is 4.23. The lowest BCUT2D eigenvalue weighted by atomic mass is 9.86. The predicted molar refractivity (Wildman–Crippen MR) is 65.7 cm³/mol. The van der Waals surface area contributed by atoms with Crippen molar-refractivity contribution in [3.8, 4) is 0 Å². The second-order valence-corrected chi connectivity index (χ2v) is 5.57. The molecular formula is C13H15NS. The molecule has 78 valence electrons. The molecule has 0 unspecified atom stereocenters. The molecule has 2 rings (SSSR count). The fourth-order valence-corrected chi connectivity index (χ4v) is 2.26. The highest BCUT2D eigenvalue weighted by Gasteiger charge is 2.16. The Bertz CT molecular complexity index is 390. The Morgan fingerprint density at radius 1 is 1.40 bits per heavy atom. The molecule has 0 spiro atoms. The SMILES string of the molecule is CC1(C)C=CC(Sc2cccnc2)=CC1. The van der Waals surface area contributed by atoms with Crippen LogP contribution in [-0.4, -0.2) is 4.98 Å². The maximum absolute atomic E-state index is 4.11. The van der Waals surface area contributed by atoms with Crippen molar-refractivity contribution in [3.05, 3.63) is 47.7 Å². The molecule has 0 aliphatic heterocycles. The lowest BCUT2D eigenvalue weighted by Crippen LogP contribution is -2.08. The van der Waals surface area contributed by atoms with Gasteiger partial charge in [0, 0.05) is 22.2 Å². The van der Waals surface area contributed by atoms with Gasteiger partial charge in [-0.05, 0) is 24.0 Å². The monoisotopic (exact) mass is 217 g/mol. The van der Waals surface area contributed by atoms with Gasteiger partial charge in [-0.15, -0.1) is 0 Å². The van der Waals surface area contributed by atoms with E-state index in [2.05, 4.69) is 43.1 Å². The van der Waals surface area contributed by atoms with Crippen molar-refractivity contribution in [2.75, 3.05) is 0 Å². The van der Waals surface area contributed by atoms with Crippen molar-refractivity contribution >= 4 is 11.8 Å². The van der Waals surface area contributed by atoms with Gasteiger partial charge in [0.15, 0.2) is 0 Å². The Labute approximate surface area is 95.3 Å². The van der Waals surface area contributed by atoms with E-state index in [1.54, 1.807) is 18.0 Å². The Balaban J connectivity index is 2.04. The van der Waals surface area contributed by atoms with Crippen LogP contribution in [0, 0.1) is 5.41 Å². The molecule has 0 radical (unpaired) electrons. The first kappa shape index (κ1) is 10.5. The van der Waals surface area contributed by atoms with E-state index in [-0.39, 0.29) is 0 Å². The molecule has 1 aliphatic rings. The van der Waals surface area contributed by atoms with Crippen LogP contribution in [0.15, 0.2) is 52.6 Å². The van der Waals surface area contributed by atoms with Crippen molar-refractivity contribution < 1.29 is 0 Å². The van der Waals surface area contributed by atoms with E-state index in [1.165, 1.54) is 9.80 Å². The van der Waals surface area contributed by atoms with E-state index in [9.17, 15) is 0 Å². The van der Waals surface area contributed by atoms with E-state index >= 15 is 0 Å². The number of aromatic nitrogens is 1. The van der Waals surface area contributed by atoms with E-state index in [0.717, 1.165) is 6.42 Å². The molecule has 0 saturated carbocycles. The first-order valence-corrected chi connectivity index (χ1v) is 5.95. The molecule has 0 fully saturated rings. The standard InChI is InChI=1S/C13H15NS/c1-13(2)7-5-11(6-8-13)15-12-4-3-9-14-10-12/h3-7,9-10H,8H2,1-2H3. The average molecular weight is 217 g/mol. The highest BCUT2D eigenvalue weighted by atomic mass is 32.2. The Morgan fingerprint density at radius 2 is 2.27 bits per heavy atom. The van der Waals surface area contributed by atoms with Gasteiger partial charge in [0.25, 0.3) is 0 Å². The molecule has 1 nitrogen and oxygen atoms in total. The third-order valence-corrected chi connectivity index (χ3v) is 3.41. The Hall–Kier alpha value is -1.02. The van der Waals surface area contributed by atoms with E-state index in [0.29, 0.717) is 5.41 Å². The van der Waals surface area contributed by atoms with Gasteiger partial charge in [0.05, 0.1) is 0 Å². The van der Waals surface area contributed by atoms with Crippen LogP contribution in [0.4, 0.5) is 0 Å². The summed E-state index contributed by atoms with van der Waals surface area (Å²) in [5, 5.41) is 0. The van der Waals surface area contributed by atoms with Crippen LogP contribution >= 0.6 is 11.8 Å². The van der Waals surface area contributed by atoms with Gasteiger partial charge < -0.3 is 0 Å². The Kier molecular flexibility index (Phi) is 2.96. The minimum atomic E-state index is 0.318. The molecule has 1 aliphatic carbocycles. The summed E-state index contributed by atoms with van der Waals surface area (Å²) in [5.74, 6) is 0. The van der Waals surface area contributed by atoms with E-state index in [4.69, 9.17) is 0 Å². The summed E-state index contributed by atoms with van der Waals surface area (Å²) in [6.45, 7) is 4.51. The zero-order chi connectivity index (χ0) is 10.7. The largest absolute Gasteiger partial charge is 0.264 e. The van der Waals surface area contributed by atoms with Gasteiger partial charge in [0.2, 0.25) is 0 Å². The molecule has 1 heterocycles. The molecule has 2 heteroatoms. The van der Waals surface area contributed by atoms with Crippen LogP contribution in [-0.2, 0) is 0 Å². The first-order valence-electron chi connectivity index (χ1n) is 5.13. The summed E-state index contributed by atoms with van der Waals surface area (Å²) in [7, 11) is 0. The molecule has 0 bridgehead atoms. The number of allylic oxidation sites excluding steroid dienone is 3. The lowest BCUT2D eigenvalue weighted by Gasteiger charge is -2.22. The minimum absolute atomic E-state index is 0.318. The summed E-state index contributed by atoms with van der Waals surface area (Å²) in [6, 6.07) is 4.06. The van der Waals surface area contributed by atoms with Crippen molar-refractivity contribution in [3.63, 3.8) is 0 Å². The van der Waals surface area contributed by atoms with Gasteiger partial charge in [0.1, 0.15) is 0 Å². The van der Waals surface area contributed by atoms with Crippen LogP contribution in [0.5, 0.6) is 0 Å². The molecule has 0 N–H and O–H groups in total. The number of hydrogen-bond donors (Lipinski definition) is 0. The fourth-order valence-electron chi connectivity index (χ4n) is 1.43. The molecule has 15 heavy (non-hydrogen) atoms. The van der Waals surface area contributed by atoms with Crippen LogP contribution in [0.3, 0.4) is 0 Å². The van der Waals surface area contributed by atoms with E-state index in [1.807, 2.05) is 12.3 Å². The topological polar surface area (TPSA) is 12.9 Å². The summed E-state index contributed by atoms with van der Waals surface area (Å²) in [5.41, 5.74) is 0.318. The number of thioether (sulfide) groups is 1. The van der Waals surface area contributed by atoms with Crippen molar-refractivity contribution in [2.24, 2.45) is 5.41 Å². The molecule has 1 aromatic heterocycles. The van der Waals surface area contributed by atoms with Gasteiger partial charge in [-0.25, -0.2) is 0 Å².